The summed E-state index contributed by atoms with van der Waals surface area (Å²) in [5, 5.41) is 4.16. The molecule has 1 amide bonds. The number of nitrogens with one attached hydrogen (secondary N) is 1. The van der Waals surface area contributed by atoms with Gasteiger partial charge in [0.2, 0.25) is 5.91 Å². The van der Waals surface area contributed by atoms with Gasteiger partial charge in [-0.05, 0) is 47.7 Å². The molecule has 170 valence electrons. The Morgan fingerprint density at radius 2 is 1.67 bits per heavy atom. The minimum atomic E-state index is -0.274. The normalized spacial score (nSPS) is 12.3. The van der Waals surface area contributed by atoms with Gasteiger partial charge in [0.15, 0.2) is 0 Å². The summed E-state index contributed by atoms with van der Waals surface area (Å²) in [5.74, 6) is -0.0477. The summed E-state index contributed by atoms with van der Waals surface area (Å²) in [6.07, 6.45) is 2.48. The maximum atomic E-state index is 13.7. The second kappa shape index (κ2) is 10.0. The highest BCUT2D eigenvalue weighted by Crippen LogP contribution is 2.35. The minimum Gasteiger partial charge on any atom is -0.356 e. The van der Waals surface area contributed by atoms with Crippen molar-refractivity contribution >= 4 is 16.8 Å². The van der Waals surface area contributed by atoms with Crippen LogP contribution in [-0.4, -0.2) is 17.0 Å². The van der Waals surface area contributed by atoms with Crippen molar-refractivity contribution in [1.29, 1.82) is 0 Å². The van der Waals surface area contributed by atoms with Crippen LogP contribution in [0.3, 0.4) is 0 Å². The second-order valence-electron chi connectivity index (χ2n) is 9.22. The Bertz CT molecular complexity index is 1220. The molecular weight excluding hydrogens is 411 g/mol. The number of rotatable bonds is 8. The van der Waals surface area contributed by atoms with Gasteiger partial charge in [0, 0.05) is 42.5 Å². The standard InChI is InChI=1S/C29H31FN2O/c1-20(2)17-31-29(33)16-26(23-12-14-24(30)15-13-23)27-19-32(28-7-5-4-6-25(27)28)18-22-10-8-21(3)9-11-22/h4-15,19-20,26H,16-18H2,1-3H3,(H,31,33)/t26-/m0/s1. The number of amides is 1. The first-order valence-corrected chi connectivity index (χ1v) is 11.6. The van der Waals surface area contributed by atoms with Crippen molar-refractivity contribution in [1.82, 2.24) is 9.88 Å². The molecule has 0 aliphatic heterocycles. The molecule has 0 bridgehead atoms. The number of hydrogen-bond donors (Lipinski definition) is 1. The van der Waals surface area contributed by atoms with Crippen molar-refractivity contribution in [3.8, 4) is 0 Å². The van der Waals surface area contributed by atoms with Crippen LogP contribution in [-0.2, 0) is 11.3 Å². The van der Waals surface area contributed by atoms with E-state index in [-0.39, 0.29) is 17.6 Å². The van der Waals surface area contributed by atoms with Crippen molar-refractivity contribution in [2.24, 2.45) is 5.92 Å². The smallest absolute Gasteiger partial charge is 0.220 e. The van der Waals surface area contributed by atoms with E-state index in [4.69, 9.17) is 0 Å². The van der Waals surface area contributed by atoms with E-state index in [0.29, 0.717) is 18.9 Å². The lowest BCUT2D eigenvalue weighted by atomic mass is 9.88. The highest BCUT2D eigenvalue weighted by Gasteiger charge is 2.23. The van der Waals surface area contributed by atoms with Gasteiger partial charge in [0.1, 0.15) is 5.82 Å². The van der Waals surface area contributed by atoms with Crippen molar-refractivity contribution in [2.75, 3.05) is 6.54 Å². The van der Waals surface area contributed by atoms with E-state index in [1.54, 1.807) is 12.1 Å². The van der Waals surface area contributed by atoms with Crippen molar-refractivity contribution in [3.05, 3.63) is 107 Å². The molecule has 4 rings (SSSR count). The number of carbonyl (C=O) groups excluding carboxylic acids is 1. The second-order valence-corrected chi connectivity index (χ2v) is 9.22. The van der Waals surface area contributed by atoms with Gasteiger partial charge in [0.05, 0.1) is 0 Å². The van der Waals surface area contributed by atoms with Crippen molar-refractivity contribution in [3.63, 3.8) is 0 Å². The summed E-state index contributed by atoms with van der Waals surface area (Å²) in [6.45, 7) is 7.64. The van der Waals surface area contributed by atoms with E-state index >= 15 is 0 Å². The Kier molecular flexibility index (Phi) is 6.93. The first-order valence-electron chi connectivity index (χ1n) is 11.6. The van der Waals surface area contributed by atoms with Gasteiger partial charge in [-0.25, -0.2) is 4.39 Å². The number of fused-ring (bicyclic) bond motifs is 1. The van der Waals surface area contributed by atoms with Crippen molar-refractivity contribution < 1.29 is 9.18 Å². The molecule has 0 saturated carbocycles. The number of nitrogens with zero attached hydrogens (tertiary/aromatic N) is 1. The molecule has 0 unspecified atom stereocenters. The Morgan fingerprint density at radius 3 is 2.36 bits per heavy atom. The third kappa shape index (κ3) is 5.51. The predicted molar refractivity (Wildman–Crippen MR) is 133 cm³/mol. The number of para-hydroxylation sites is 1. The fraction of sp³-hybridized carbons (Fsp3) is 0.276. The van der Waals surface area contributed by atoms with Crippen LogP contribution < -0.4 is 5.32 Å². The van der Waals surface area contributed by atoms with Gasteiger partial charge in [-0.2, -0.15) is 0 Å². The highest BCUT2D eigenvalue weighted by molar-refractivity contribution is 5.86. The first-order chi connectivity index (χ1) is 15.9. The number of halogens is 1. The number of aryl methyl sites for hydroxylation is 1. The van der Waals surface area contributed by atoms with E-state index in [1.807, 2.05) is 12.1 Å². The molecule has 3 aromatic carbocycles. The maximum absolute atomic E-state index is 13.7. The van der Waals surface area contributed by atoms with Gasteiger partial charge in [-0.15, -0.1) is 0 Å². The number of benzene rings is 3. The molecule has 4 aromatic rings. The third-order valence-electron chi connectivity index (χ3n) is 6.04. The van der Waals surface area contributed by atoms with Crippen LogP contribution in [0.15, 0.2) is 79.0 Å². The Balaban J connectivity index is 1.74. The lowest BCUT2D eigenvalue weighted by Crippen LogP contribution is -2.28. The molecule has 4 heteroatoms. The zero-order valence-corrected chi connectivity index (χ0v) is 19.5. The average Bonchev–Trinajstić information content (AvgIpc) is 3.16. The summed E-state index contributed by atoms with van der Waals surface area (Å²) in [5.41, 5.74) is 5.61. The van der Waals surface area contributed by atoms with E-state index < -0.39 is 0 Å². The van der Waals surface area contributed by atoms with Crippen LogP contribution in [0, 0.1) is 18.7 Å². The van der Waals surface area contributed by atoms with Crippen LogP contribution in [0.1, 0.15) is 48.4 Å². The van der Waals surface area contributed by atoms with E-state index in [1.165, 1.54) is 23.3 Å². The zero-order chi connectivity index (χ0) is 23.4. The Morgan fingerprint density at radius 1 is 0.970 bits per heavy atom. The van der Waals surface area contributed by atoms with Crippen LogP contribution in [0.25, 0.3) is 10.9 Å². The van der Waals surface area contributed by atoms with E-state index in [0.717, 1.165) is 28.6 Å². The van der Waals surface area contributed by atoms with Crippen LogP contribution in [0.4, 0.5) is 4.39 Å². The van der Waals surface area contributed by atoms with Crippen molar-refractivity contribution in [2.45, 2.75) is 39.7 Å². The summed E-state index contributed by atoms with van der Waals surface area (Å²) in [4.78, 5) is 12.8. The summed E-state index contributed by atoms with van der Waals surface area (Å²) >= 11 is 0. The molecule has 0 spiro atoms. The van der Waals surface area contributed by atoms with E-state index in [9.17, 15) is 9.18 Å². The third-order valence-corrected chi connectivity index (χ3v) is 6.04. The molecule has 0 aliphatic carbocycles. The SMILES string of the molecule is Cc1ccc(Cn2cc([C@@H](CC(=O)NCC(C)C)c3ccc(F)cc3)c3ccccc32)cc1. The number of carbonyl (C=O) groups is 1. The minimum absolute atomic E-state index is 0.00777. The summed E-state index contributed by atoms with van der Waals surface area (Å²) in [7, 11) is 0. The number of aromatic nitrogens is 1. The maximum Gasteiger partial charge on any atom is 0.220 e. The largest absolute Gasteiger partial charge is 0.356 e. The quantitative estimate of drug-likeness (QED) is 0.335. The first kappa shape index (κ1) is 22.8. The van der Waals surface area contributed by atoms with Crippen LogP contribution >= 0.6 is 0 Å². The molecule has 1 heterocycles. The summed E-state index contributed by atoms with van der Waals surface area (Å²) < 4.78 is 15.9. The molecule has 0 fully saturated rings. The Labute approximate surface area is 195 Å². The number of hydrogen-bond acceptors (Lipinski definition) is 1. The summed E-state index contributed by atoms with van der Waals surface area (Å²) in [6, 6.07) is 23.4. The monoisotopic (exact) mass is 442 g/mol. The highest BCUT2D eigenvalue weighted by atomic mass is 19.1. The molecule has 33 heavy (non-hydrogen) atoms. The zero-order valence-electron chi connectivity index (χ0n) is 19.5. The molecule has 1 N–H and O–H groups in total. The van der Waals surface area contributed by atoms with Gasteiger partial charge in [-0.1, -0.05) is 74.0 Å². The van der Waals surface area contributed by atoms with Gasteiger partial charge in [0.25, 0.3) is 0 Å². The topological polar surface area (TPSA) is 34.0 Å². The van der Waals surface area contributed by atoms with Crippen LogP contribution in [0.5, 0.6) is 0 Å². The molecule has 0 radical (unpaired) electrons. The van der Waals surface area contributed by atoms with Crippen LogP contribution in [0.2, 0.25) is 0 Å². The lowest BCUT2D eigenvalue weighted by molar-refractivity contribution is -0.121. The fourth-order valence-corrected chi connectivity index (χ4v) is 4.25. The molecule has 1 atom stereocenters. The Hall–Kier alpha value is -3.40. The molecular formula is C29H31FN2O. The van der Waals surface area contributed by atoms with Gasteiger partial charge < -0.3 is 9.88 Å². The average molecular weight is 443 g/mol. The van der Waals surface area contributed by atoms with E-state index in [2.05, 4.69) is 73.3 Å². The molecule has 0 saturated heterocycles. The molecule has 3 nitrogen and oxygen atoms in total. The molecule has 1 aromatic heterocycles. The fourth-order valence-electron chi connectivity index (χ4n) is 4.25. The predicted octanol–water partition coefficient (Wildman–Crippen LogP) is 6.43. The lowest BCUT2D eigenvalue weighted by Gasteiger charge is -2.18. The van der Waals surface area contributed by atoms with Gasteiger partial charge in [-0.3, -0.25) is 4.79 Å². The van der Waals surface area contributed by atoms with Gasteiger partial charge >= 0.3 is 0 Å². The molecule has 0 aliphatic rings.